The van der Waals surface area contributed by atoms with Crippen molar-refractivity contribution in [3.8, 4) is 0 Å². The van der Waals surface area contributed by atoms with Crippen LogP contribution < -0.4 is 0 Å². The SMILES string of the molecule is O=C(OCC12CC3CC(CC(C3)C1)C2)C(F)(OC(F)(F)C(F)(F)C(F)(F)F)C(F)(F)F. The molecule has 0 aromatic rings. The lowest BCUT2D eigenvalue weighted by molar-refractivity contribution is -0.475. The summed E-state index contributed by atoms with van der Waals surface area (Å²) in [6.07, 6.45) is -17.0. The number of carbonyl (C=O) groups excluding carboxylic acids is 1. The van der Waals surface area contributed by atoms with Crippen molar-refractivity contribution in [2.45, 2.75) is 68.8 Å². The normalized spacial score (nSPS) is 33.3. The summed E-state index contributed by atoms with van der Waals surface area (Å²) in [6.45, 7) is -0.818. The largest absolute Gasteiger partial charge is 0.462 e. The number of rotatable bonds is 6. The van der Waals surface area contributed by atoms with Gasteiger partial charge in [0, 0.05) is 5.41 Å². The second kappa shape index (κ2) is 7.08. The molecule has 0 aromatic carbocycles. The summed E-state index contributed by atoms with van der Waals surface area (Å²) in [4.78, 5) is 11.8. The number of carbonyl (C=O) groups is 1. The minimum absolute atomic E-state index is 0.203. The van der Waals surface area contributed by atoms with Crippen molar-refractivity contribution in [2.24, 2.45) is 23.2 Å². The van der Waals surface area contributed by atoms with E-state index in [1.54, 1.807) is 0 Å². The quantitative estimate of drug-likeness (QED) is 0.359. The van der Waals surface area contributed by atoms with Gasteiger partial charge in [-0.2, -0.15) is 48.3 Å². The van der Waals surface area contributed by atoms with Gasteiger partial charge in [0.05, 0.1) is 6.61 Å². The van der Waals surface area contributed by atoms with Crippen molar-refractivity contribution < 1.29 is 62.6 Å². The zero-order valence-electron chi connectivity index (χ0n) is 15.6. The molecule has 1 unspecified atom stereocenters. The zero-order valence-corrected chi connectivity index (χ0v) is 15.6. The van der Waals surface area contributed by atoms with Crippen LogP contribution >= 0.6 is 0 Å². The van der Waals surface area contributed by atoms with Crippen molar-refractivity contribution in [1.82, 2.24) is 0 Å². The maximum Gasteiger partial charge on any atom is 0.462 e. The van der Waals surface area contributed by atoms with Crippen LogP contribution in [0.3, 0.4) is 0 Å². The van der Waals surface area contributed by atoms with Crippen LogP contribution in [0.1, 0.15) is 38.5 Å². The molecule has 0 heterocycles. The predicted octanol–water partition coefficient (Wildman–Crippen LogP) is 5.78. The average molecular weight is 478 g/mol. The molecule has 0 aliphatic heterocycles. The van der Waals surface area contributed by atoms with E-state index in [4.69, 9.17) is 0 Å². The van der Waals surface area contributed by atoms with Gasteiger partial charge in [-0.25, -0.2) is 4.79 Å². The van der Waals surface area contributed by atoms with Gasteiger partial charge in [0.1, 0.15) is 0 Å². The third-order valence-electron chi connectivity index (χ3n) is 6.29. The van der Waals surface area contributed by atoms with Crippen molar-refractivity contribution >= 4 is 5.97 Å². The first-order chi connectivity index (χ1) is 13.8. The molecule has 4 fully saturated rings. The highest BCUT2D eigenvalue weighted by molar-refractivity contribution is 5.79. The molecule has 3 nitrogen and oxygen atoms in total. The minimum atomic E-state index is -7.22. The molecule has 0 radical (unpaired) electrons. The molecule has 4 bridgehead atoms. The second-order valence-corrected chi connectivity index (χ2v) is 8.78. The first-order valence-corrected chi connectivity index (χ1v) is 9.27. The molecule has 4 aliphatic rings. The van der Waals surface area contributed by atoms with Gasteiger partial charge in [0.2, 0.25) is 0 Å². The fourth-order valence-electron chi connectivity index (χ4n) is 5.40. The van der Waals surface area contributed by atoms with E-state index in [0.717, 1.165) is 19.3 Å². The molecule has 180 valence electrons. The lowest BCUT2D eigenvalue weighted by Crippen LogP contribution is -2.62. The lowest BCUT2D eigenvalue weighted by Gasteiger charge is -2.56. The number of halogens is 11. The smallest absolute Gasteiger partial charge is 0.461 e. The fraction of sp³-hybridized carbons (Fsp3) is 0.941. The zero-order chi connectivity index (χ0) is 23.7. The Morgan fingerprint density at radius 2 is 1.16 bits per heavy atom. The van der Waals surface area contributed by atoms with Crippen LogP contribution in [-0.4, -0.2) is 42.8 Å². The lowest BCUT2D eigenvalue weighted by atomic mass is 9.50. The summed E-state index contributed by atoms with van der Waals surface area (Å²) < 4.78 is 149. The van der Waals surface area contributed by atoms with Crippen LogP contribution in [0.25, 0.3) is 0 Å². The summed E-state index contributed by atoms with van der Waals surface area (Å²) in [6, 6.07) is 0. The van der Waals surface area contributed by atoms with Crippen LogP contribution in [0.5, 0.6) is 0 Å². The van der Waals surface area contributed by atoms with E-state index >= 15 is 0 Å². The van der Waals surface area contributed by atoms with Crippen molar-refractivity contribution in [2.75, 3.05) is 6.61 Å². The minimum Gasteiger partial charge on any atom is -0.461 e. The Morgan fingerprint density at radius 1 is 0.742 bits per heavy atom. The van der Waals surface area contributed by atoms with Crippen LogP contribution in [0, 0.1) is 23.2 Å². The molecule has 0 aromatic heterocycles. The average Bonchev–Trinajstić information content (AvgIpc) is 2.56. The third kappa shape index (κ3) is 4.08. The number of ether oxygens (including phenoxy) is 2. The van der Waals surface area contributed by atoms with Gasteiger partial charge in [-0.05, 0) is 56.3 Å². The summed E-state index contributed by atoms with van der Waals surface area (Å²) >= 11 is 0. The molecule has 4 aliphatic carbocycles. The predicted molar refractivity (Wildman–Crippen MR) is 78.5 cm³/mol. The van der Waals surface area contributed by atoms with Crippen LogP contribution in [0.2, 0.25) is 0 Å². The van der Waals surface area contributed by atoms with Gasteiger partial charge >= 0.3 is 36.2 Å². The van der Waals surface area contributed by atoms with E-state index in [1.165, 1.54) is 0 Å². The standard InChI is InChI=1S/C17H17F11O3/c18-13(15(21,22)23,31-17(27,28)14(19,20)16(24,25)26)11(29)30-7-12-4-8-1-9(5-12)3-10(2-8)6-12/h8-10H,1-7H2. The number of esters is 1. The summed E-state index contributed by atoms with van der Waals surface area (Å²) in [5, 5.41) is 0. The molecule has 1 atom stereocenters. The topological polar surface area (TPSA) is 35.5 Å². The van der Waals surface area contributed by atoms with Gasteiger partial charge in [0.25, 0.3) is 0 Å². The molecule has 0 spiro atoms. The van der Waals surface area contributed by atoms with Crippen LogP contribution in [0.4, 0.5) is 48.3 Å². The Kier molecular flexibility index (Phi) is 5.55. The molecule has 0 saturated heterocycles. The maximum absolute atomic E-state index is 14.3. The highest BCUT2D eigenvalue weighted by Gasteiger charge is 2.80. The summed E-state index contributed by atoms with van der Waals surface area (Å²) in [7, 11) is 0. The van der Waals surface area contributed by atoms with E-state index < -0.39 is 48.2 Å². The molecular weight excluding hydrogens is 461 g/mol. The Labute approximate surface area is 168 Å². The van der Waals surface area contributed by atoms with Crippen molar-refractivity contribution in [3.05, 3.63) is 0 Å². The first kappa shape index (κ1) is 24.3. The molecule has 0 amide bonds. The van der Waals surface area contributed by atoms with E-state index in [1.807, 2.05) is 0 Å². The van der Waals surface area contributed by atoms with E-state index in [-0.39, 0.29) is 17.8 Å². The fourth-order valence-corrected chi connectivity index (χ4v) is 5.40. The van der Waals surface area contributed by atoms with E-state index in [2.05, 4.69) is 9.47 Å². The van der Waals surface area contributed by atoms with Gasteiger partial charge in [-0.3, -0.25) is 4.74 Å². The number of hydrogen-bond donors (Lipinski definition) is 0. The molecule has 31 heavy (non-hydrogen) atoms. The third-order valence-corrected chi connectivity index (χ3v) is 6.29. The van der Waals surface area contributed by atoms with Gasteiger partial charge in [-0.15, -0.1) is 0 Å². The second-order valence-electron chi connectivity index (χ2n) is 8.78. The Balaban J connectivity index is 1.78. The Hall–Kier alpha value is -1.34. The molecule has 4 rings (SSSR count). The highest BCUT2D eigenvalue weighted by atomic mass is 19.4. The molecule has 14 heteroatoms. The van der Waals surface area contributed by atoms with Crippen LogP contribution in [-0.2, 0) is 14.3 Å². The molecular formula is C17H17F11O3. The van der Waals surface area contributed by atoms with E-state index in [0.29, 0.717) is 19.3 Å². The Bertz CT molecular complexity index is 680. The monoisotopic (exact) mass is 478 g/mol. The van der Waals surface area contributed by atoms with Crippen molar-refractivity contribution in [1.29, 1.82) is 0 Å². The van der Waals surface area contributed by atoms with Crippen LogP contribution in [0.15, 0.2) is 0 Å². The summed E-state index contributed by atoms with van der Waals surface area (Å²) in [5.41, 5.74) is -0.824. The maximum atomic E-state index is 14.3. The van der Waals surface area contributed by atoms with Crippen molar-refractivity contribution in [3.63, 3.8) is 0 Å². The highest BCUT2D eigenvalue weighted by Crippen LogP contribution is 2.60. The van der Waals surface area contributed by atoms with Gasteiger partial charge in [-0.1, -0.05) is 0 Å². The van der Waals surface area contributed by atoms with E-state index in [9.17, 15) is 53.1 Å². The summed E-state index contributed by atoms with van der Waals surface area (Å²) in [5.74, 6) is -16.0. The Morgan fingerprint density at radius 3 is 1.52 bits per heavy atom. The van der Waals surface area contributed by atoms with Gasteiger partial charge < -0.3 is 4.74 Å². The number of alkyl halides is 11. The van der Waals surface area contributed by atoms with Gasteiger partial charge in [0.15, 0.2) is 0 Å². The molecule has 0 N–H and O–H groups in total. The molecule has 4 saturated carbocycles. The first-order valence-electron chi connectivity index (χ1n) is 9.27. The number of hydrogen-bond acceptors (Lipinski definition) is 3.